The van der Waals surface area contributed by atoms with Crippen molar-refractivity contribution in [3.63, 3.8) is 0 Å². The van der Waals surface area contributed by atoms with Gasteiger partial charge in [-0.25, -0.2) is 13.4 Å². The minimum atomic E-state index is -3.34. The number of piperazine rings is 1. The van der Waals surface area contributed by atoms with Gasteiger partial charge in [0.2, 0.25) is 10.0 Å². The molecule has 0 atom stereocenters. The van der Waals surface area contributed by atoms with Gasteiger partial charge < -0.3 is 9.42 Å². The lowest BCUT2D eigenvalue weighted by atomic mass is 10.4. The first-order valence-corrected chi connectivity index (χ1v) is 9.01. The molecule has 7 nitrogen and oxygen atoms in total. The van der Waals surface area contributed by atoms with E-state index in [1.165, 1.54) is 10.6 Å². The highest BCUT2D eigenvalue weighted by Gasteiger charge is 2.28. The van der Waals surface area contributed by atoms with Crippen molar-refractivity contribution < 1.29 is 12.9 Å². The molecule has 1 saturated heterocycles. The zero-order chi connectivity index (χ0) is 14.9. The van der Waals surface area contributed by atoms with E-state index in [-0.39, 0.29) is 5.75 Å². The molecule has 0 aliphatic carbocycles. The molecule has 21 heavy (non-hydrogen) atoms. The third-order valence-corrected chi connectivity index (χ3v) is 6.12. The summed E-state index contributed by atoms with van der Waals surface area (Å²) in [6.07, 6.45) is 3.22. The van der Waals surface area contributed by atoms with Crippen LogP contribution in [0.1, 0.15) is 10.6 Å². The van der Waals surface area contributed by atoms with Crippen LogP contribution in [-0.4, -0.2) is 49.0 Å². The van der Waals surface area contributed by atoms with Gasteiger partial charge in [0.05, 0.1) is 5.69 Å². The Morgan fingerprint density at radius 1 is 1.33 bits per heavy atom. The molecule has 1 aliphatic heterocycles. The van der Waals surface area contributed by atoms with E-state index in [1.54, 1.807) is 17.4 Å². The lowest BCUT2D eigenvalue weighted by Crippen LogP contribution is -2.49. The fourth-order valence-corrected chi connectivity index (χ4v) is 4.47. The van der Waals surface area contributed by atoms with E-state index in [4.69, 9.17) is 0 Å². The highest BCUT2D eigenvalue weighted by molar-refractivity contribution is 7.88. The van der Waals surface area contributed by atoms with Gasteiger partial charge in [-0.2, -0.15) is 4.31 Å². The van der Waals surface area contributed by atoms with Crippen molar-refractivity contribution in [1.82, 2.24) is 14.4 Å². The Balaban J connectivity index is 1.62. The Bertz CT molecular complexity index is 688. The normalized spacial score (nSPS) is 17.3. The molecule has 3 heterocycles. The summed E-state index contributed by atoms with van der Waals surface area (Å²) in [6.45, 7) is 4.27. The number of anilines is 1. The molecule has 0 bridgehead atoms. The monoisotopic (exact) mass is 328 g/mol. The summed E-state index contributed by atoms with van der Waals surface area (Å²) >= 11 is 1.63. The molecule has 0 saturated carbocycles. The second-order valence-corrected chi connectivity index (χ2v) is 8.07. The highest BCUT2D eigenvalue weighted by atomic mass is 32.2. The van der Waals surface area contributed by atoms with Crippen molar-refractivity contribution >= 4 is 26.5 Å². The molecule has 114 valence electrons. The number of rotatable bonds is 4. The minimum Gasteiger partial charge on any atom is -0.364 e. The topological polar surface area (TPSA) is 79.5 Å². The molecule has 0 N–H and O–H groups in total. The lowest BCUT2D eigenvalue weighted by molar-refractivity contribution is 0.381. The Hall–Kier alpha value is -1.45. The molecule has 0 amide bonds. The van der Waals surface area contributed by atoms with Crippen molar-refractivity contribution in [2.24, 2.45) is 0 Å². The van der Waals surface area contributed by atoms with Gasteiger partial charge >= 0.3 is 0 Å². The Morgan fingerprint density at radius 2 is 2.10 bits per heavy atom. The molecule has 0 spiro atoms. The Kier molecular flexibility index (Phi) is 3.96. The Labute approximate surface area is 127 Å². The molecule has 0 radical (unpaired) electrons. The fraction of sp³-hybridized carbons (Fsp3) is 0.500. The van der Waals surface area contributed by atoms with Crippen molar-refractivity contribution in [2.45, 2.75) is 12.7 Å². The van der Waals surface area contributed by atoms with Gasteiger partial charge in [0.25, 0.3) is 0 Å². The standard InChI is InChI=1S/C12H16N4O3S2/c1-10-8-13-12(20-10)15-3-5-16(6-4-15)21(17,18)9-11-2-7-19-14-11/h2,7-8H,3-6,9H2,1H3. The molecule has 1 aliphatic rings. The van der Waals surface area contributed by atoms with Crippen LogP contribution in [0.4, 0.5) is 5.13 Å². The van der Waals surface area contributed by atoms with E-state index in [9.17, 15) is 8.42 Å². The number of sulfonamides is 1. The Morgan fingerprint density at radius 3 is 2.67 bits per heavy atom. The lowest BCUT2D eigenvalue weighted by Gasteiger charge is -2.33. The first-order valence-electron chi connectivity index (χ1n) is 6.59. The van der Waals surface area contributed by atoms with Gasteiger partial charge in [-0.1, -0.05) is 5.16 Å². The summed E-state index contributed by atoms with van der Waals surface area (Å²) < 4.78 is 30.8. The van der Waals surface area contributed by atoms with E-state index < -0.39 is 10.0 Å². The number of thiazole rings is 1. The van der Waals surface area contributed by atoms with Gasteiger partial charge in [0.15, 0.2) is 5.13 Å². The van der Waals surface area contributed by atoms with Crippen LogP contribution in [0.15, 0.2) is 23.0 Å². The van der Waals surface area contributed by atoms with E-state index >= 15 is 0 Å². The third-order valence-electron chi connectivity index (χ3n) is 3.33. The fourth-order valence-electron chi connectivity index (χ4n) is 2.24. The van der Waals surface area contributed by atoms with Crippen molar-refractivity contribution in [1.29, 1.82) is 0 Å². The summed E-state index contributed by atoms with van der Waals surface area (Å²) in [5, 5.41) is 4.62. The van der Waals surface area contributed by atoms with Crippen LogP contribution < -0.4 is 4.90 Å². The van der Waals surface area contributed by atoms with Gasteiger partial charge in [0, 0.05) is 43.3 Å². The third kappa shape index (κ3) is 3.25. The molecule has 0 unspecified atom stereocenters. The molecule has 9 heteroatoms. The number of hydrogen-bond donors (Lipinski definition) is 0. The molecule has 1 fully saturated rings. The second-order valence-electron chi connectivity index (χ2n) is 4.89. The maximum Gasteiger partial charge on any atom is 0.220 e. The SMILES string of the molecule is Cc1cnc(N2CCN(S(=O)(=O)Cc3ccon3)CC2)s1. The molecule has 2 aromatic rings. The molecule has 0 aromatic carbocycles. The smallest absolute Gasteiger partial charge is 0.220 e. The number of nitrogens with zero attached hydrogens (tertiary/aromatic N) is 4. The zero-order valence-electron chi connectivity index (χ0n) is 11.6. The number of hydrogen-bond acceptors (Lipinski definition) is 7. The van der Waals surface area contributed by atoms with Crippen molar-refractivity contribution in [2.75, 3.05) is 31.1 Å². The molecule has 2 aromatic heterocycles. The van der Waals surface area contributed by atoms with Crippen LogP contribution in [0.3, 0.4) is 0 Å². The van der Waals surface area contributed by atoms with Gasteiger partial charge in [-0.15, -0.1) is 11.3 Å². The quantitative estimate of drug-likeness (QED) is 0.836. The van der Waals surface area contributed by atoms with E-state index in [2.05, 4.69) is 19.6 Å². The van der Waals surface area contributed by atoms with Crippen LogP contribution in [0, 0.1) is 6.92 Å². The molecular weight excluding hydrogens is 312 g/mol. The average molecular weight is 328 g/mol. The first-order chi connectivity index (χ1) is 10.0. The van der Waals surface area contributed by atoms with Gasteiger partial charge in [-0.05, 0) is 6.92 Å². The maximum absolute atomic E-state index is 12.3. The van der Waals surface area contributed by atoms with Crippen LogP contribution in [-0.2, 0) is 15.8 Å². The predicted molar refractivity (Wildman–Crippen MR) is 79.8 cm³/mol. The van der Waals surface area contributed by atoms with Crippen LogP contribution in [0.5, 0.6) is 0 Å². The van der Waals surface area contributed by atoms with E-state index in [0.29, 0.717) is 31.9 Å². The summed E-state index contributed by atoms with van der Waals surface area (Å²) in [5.74, 6) is -0.111. The number of aryl methyl sites for hydroxylation is 1. The van der Waals surface area contributed by atoms with Crippen LogP contribution in [0.25, 0.3) is 0 Å². The second kappa shape index (κ2) is 5.74. The highest BCUT2D eigenvalue weighted by Crippen LogP contribution is 2.23. The van der Waals surface area contributed by atoms with E-state index in [0.717, 1.165) is 10.0 Å². The first kappa shape index (κ1) is 14.5. The summed E-state index contributed by atoms with van der Waals surface area (Å²) in [6, 6.07) is 1.58. The van der Waals surface area contributed by atoms with Gasteiger partial charge in [0.1, 0.15) is 12.0 Å². The zero-order valence-corrected chi connectivity index (χ0v) is 13.2. The maximum atomic E-state index is 12.3. The molecule has 3 rings (SSSR count). The number of aromatic nitrogens is 2. The molecular formula is C12H16N4O3S2. The predicted octanol–water partition coefficient (Wildman–Crippen LogP) is 1.09. The van der Waals surface area contributed by atoms with Crippen LogP contribution in [0.2, 0.25) is 0 Å². The summed E-state index contributed by atoms with van der Waals surface area (Å²) in [7, 11) is -3.34. The summed E-state index contributed by atoms with van der Waals surface area (Å²) in [5.41, 5.74) is 0.438. The van der Waals surface area contributed by atoms with Crippen molar-refractivity contribution in [3.8, 4) is 0 Å². The summed E-state index contributed by atoms with van der Waals surface area (Å²) in [4.78, 5) is 7.62. The van der Waals surface area contributed by atoms with E-state index in [1.807, 2.05) is 13.1 Å². The minimum absolute atomic E-state index is 0.111. The van der Waals surface area contributed by atoms with Crippen LogP contribution >= 0.6 is 11.3 Å². The van der Waals surface area contributed by atoms with Crippen molar-refractivity contribution in [3.05, 3.63) is 29.1 Å². The van der Waals surface area contributed by atoms with Gasteiger partial charge in [-0.3, -0.25) is 0 Å². The largest absolute Gasteiger partial charge is 0.364 e. The average Bonchev–Trinajstić information content (AvgIpc) is 3.10.